The van der Waals surface area contributed by atoms with Crippen LogP contribution in [0.5, 0.6) is 0 Å². The van der Waals surface area contributed by atoms with Crippen molar-refractivity contribution in [1.29, 1.82) is 0 Å². The molecule has 3 N–H and O–H groups in total. The van der Waals surface area contributed by atoms with Crippen LogP contribution in [0.1, 0.15) is 85.0 Å². The molecule has 0 amide bonds. The van der Waals surface area contributed by atoms with E-state index in [0.717, 1.165) is 50.5 Å². The van der Waals surface area contributed by atoms with E-state index in [1.165, 1.54) is 0 Å². The topological polar surface area (TPSA) is 115 Å². The van der Waals surface area contributed by atoms with Crippen molar-refractivity contribution in [1.82, 2.24) is 0 Å². The fourth-order valence-electron chi connectivity index (χ4n) is 10.0. The molecule has 1 saturated heterocycles. The van der Waals surface area contributed by atoms with Gasteiger partial charge in [-0.2, -0.15) is 0 Å². The number of carbonyl (C=O) groups excluding carboxylic acids is 1. The van der Waals surface area contributed by atoms with Gasteiger partial charge in [-0.3, -0.25) is 0 Å². The Morgan fingerprint density at radius 2 is 1.74 bits per heavy atom. The first-order chi connectivity index (χ1) is 17.9. The third kappa shape index (κ3) is 3.81. The number of hydrogen-bond acceptors (Lipinski definition) is 8. The van der Waals surface area contributed by atoms with Crippen molar-refractivity contribution in [3.8, 4) is 0 Å². The SMILES string of the molecule is CO[C@@H]1C[C@H](O[C@H]2CC[C@]3(C)C4CC[C@]5(C)[C@@H](C6=CC(=O)OC6)CC[C@]5(O)[C@@H]4CC[C@]3(O)C2)O[C@H](C)[C@@H]1O. The monoisotopic (exact) mass is 534 g/mol. The average molecular weight is 535 g/mol. The third-order valence-corrected chi connectivity index (χ3v) is 12.4. The zero-order chi connectivity index (χ0) is 27.1. The lowest BCUT2D eigenvalue weighted by atomic mass is 9.42. The van der Waals surface area contributed by atoms with E-state index in [4.69, 9.17) is 18.9 Å². The average Bonchev–Trinajstić information content (AvgIpc) is 3.41. The molecular weight excluding hydrogens is 488 g/mol. The molecule has 0 spiro atoms. The van der Waals surface area contributed by atoms with Crippen LogP contribution in [0.2, 0.25) is 0 Å². The van der Waals surface area contributed by atoms with Gasteiger partial charge in [0.25, 0.3) is 0 Å². The van der Waals surface area contributed by atoms with Crippen molar-refractivity contribution in [2.24, 2.45) is 28.6 Å². The van der Waals surface area contributed by atoms with E-state index in [-0.39, 0.29) is 52.9 Å². The van der Waals surface area contributed by atoms with E-state index < -0.39 is 23.6 Å². The highest BCUT2D eigenvalue weighted by atomic mass is 16.7. The maximum Gasteiger partial charge on any atom is 0.331 e. The Morgan fingerprint density at radius 1 is 1.00 bits per heavy atom. The zero-order valence-corrected chi connectivity index (χ0v) is 23.4. The van der Waals surface area contributed by atoms with Crippen LogP contribution in [0.4, 0.5) is 0 Å². The van der Waals surface area contributed by atoms with Gasteiger partial charge in [0.1, 0.15) is 12.7 Å². The summed E-state index contributed by atoms with van der Waals surface area (Å²) in [6.07, 6.45) is 7.36. The van der Waals surface area contributed by atoms with Gasteiger partial charge in [-0.05, 0) is 87.0 Å². The van der Waals surface area contributed by atoms with Gasteiger partial charge in [0.05, 0.1) is 29.5 Å². The Morgan fingerprint density at radius 3 is 2.45 bits per heavy atom. The summed E-state index contributed by atoms with van der Waals surface area (Å²) in [5, 5.41) is 34.9. The highest BCUT2D eigenvalue weighted by Gasteiger charge is 2.70. The second kappa shape index (κ2) is 9.25. The van der Waals surface area contributed by atoms with E-state index in [1.54, 1.807) is 13.2 Å². The molecule has 0 aromatic carbocycles. The van der Waals surface area contributed by atoms with Crippen molar-refractivity contribution in [2.75, 3.05) is 13.7 Å². The Kier molecular flexibility index (Phi) is 6.61. The molecule has 1 unspecified atom stereocenters. The van der Waals surface area contributed by atoms with Gasteiger partial charge in [0.2, 0.25) is 0 Å². The van der Waals surface area contributed by atoms with E-state index in [2.05, 4.69) is 13.8 Å². The highest BCUT2D eigenvalue weighted by Crippen LogP contribution is 2.70. The number of carbonyl (C=O) groups is 1. The van der Waals surface area contributed by atoms with Crippen molar-refractivity contribution >= 4 is 5.97 Å². The van der Waals surface area contributed by atoms with Gasteiger partial charge < -0.3 is 34.3 Å². The number of hydrogen-bond donors (Lipinski definition) is 3. The summed E-state index contributed by atoms with van der Waals surface area (Å²) in [6.45, 7) is 6.67. The molecule has 4 saturated carbocycles. The molecule has 6 rings (SSSR count). The summed E-state index contributed by atoms with van der Waals surface area (Å²) in [5.41, 5.74) is -1.17. The van der Waals surface area contributed by atoms with Gasteiger partial charge in [0.15, 0.2) is 6.29 Å². The van der Waals surface area contributed by atoms with Crippen LogP contribution < -0.4 is 0 Å². The lowest BCUT2D eigenvalue weighted by Crippen LogP contribution is -2.67. The summed E-state index contributed by atoms with van der Waals surface area (Å²) in [6, 6.07) is 0. The number of cyclic esters (lactones) is 1. The quantitative estimate of drug-likeness (QED) is 0.372. The van der Waals surface area contributed by atoms with Crippen LogP contribution in [0.25, 0.3) is 0 Å². The molecule has 8 nitrogen and oxygen atoms in total. The number of ether oxygens (including phenoxy) is 4. The van der Waals surface area contributed by atoms with Gasteiger partial charge in [0, 0.05) is 31.4 Å². The van der Waals surface area contributed by atoms with Crippen molar-refractivity contribution in [3.05, 3.63) is 11.6 Å². The smallest absolute Gasteiger partial charge is 0.331 e. The Hall–Kier alpha value is -1.03. The Labute approximate surface area is 226 Å². The van der Waals surface area contributed by atoms with Crippen molar-refractivity contribution < 1.29 is 39.1 Å². The van der Waals surface area contributed by atoms with Crippen molar-refractivity contribution in [2.45, 2.75) is 127 Å². The van der Waals surface area contributed by atoms with Crippen LogP contribution in [0.15, 0.2) is 11.6 Å². The molecule has 0 aromatic heterocycles. The summed E-state index contributed by atoms with van der Waals surface area (Å²) in [7, 11) is 1.60. The number of rotatable bonds is 4. The first-order valence-corrected chi connectivity index (χ1v) is 14.8. The first-order valence-electron chi connectivity index (χ1n) is 14.8. The van der Waals surface area contributed by atoms with Gasteiger partial charge >= 0.3 is 5.97 Å². The number of fused-ring (bicyclic) bond motifs is 5. The van der Waals surface area contributed by atoms with Gasteiger partial charge in [-0.1, -0.05) is 13.8 Å². The molecule has 214 valence electrons. The summed E-state index contributed by atoms with van der Waals surface area (Å²) in [4.78, 5) is 11.8. The summed E-state index contributed by atoms with van der Waals surface area (Å²) >= 11 is 0. The van der Waals surface area contributed by atoms with Gasteiger partial charge in [-0.25, -0.2) is 4.79 Å². The minimum Gasteiger partial charge on any atom is -0.458 e. The normalized spacial score (nSPS) is 54.5. The van der Waals surface area contributed by atoms with Crippen LogP contribution in [0.3, 0.4) is 0 Å². The molecule has 4 aliphatic carbocycles. The van der Waals surface area contributed by atoms with Crippen LogP contribution in [-0.4, -0.2) is 76.9 Å². The standard InChI is InChI=1S/C30H46O8/c1-17-26(32)23(35-4)14-25(37-17)38-19-5-9-27(2)21-6-10-28(3)20(18-13-24(31)36-16-18)8-12-30(28,34)22(21)7-11-29(27,33)15-19/h13,17,19-23,25-26,32-34H,5-12,14-16H2,1-4H3/t17-,19+,20-,21?,22-,23-,25+,26+,27-,28-,29+,30+/m1/s1. The number of esters is 1. The minimum absolute atomic E-state index is 0.116. The van der Waals surface area contributed by atoms with E-state index in [1.807, 2.05) is 6.92 Å². The molecule has 8 heteroatoms. The molecule has 5 fully saturated rings. The second-order valence-corrected chi connectivity index (χ2v) is 13.8. The van der Waals surface area contributed by atoms with Crippen LogP contribution >= 0.6 is 0 Å². The maximum atomic E-state index is 12.4. The van der Waals surface area contributed by atoms with Crippen LogP contribution in [-0.2, 0) is 23.7 Å². The Balaban J connectivity index is 1.18. The molecule has 6 aliphatic rings. The largest absolute Gasteiger partial charge is 0.458 e. The molecular formula is C30H46O8. The third-order valence-electron chi connectivity index (χ3n) is 12.4. The fraction of sp³-hybridized carbons (Fsp3) is 0.900. The van der Waals surface area contributed by atoms with Crippen molar-refractivity contribution in [3.63, 3.8) is 0 Å². The summed E-state index contributed by atoms with van der Waals surface area (Å²) in [5.74, 6) is 0.293. The molecule has 0 radical (unpaired) electrons. The number of aliphatic hydroxyl groups excluding tert-OH is 1. The molecule has 0 aromatic rings. The van der Waals surface area contributed by atoms with Gasteiger partial charge in [-0.15, -0.1) is 0 Å². The number of aliphatic hydroxyl groups is 3. The predicted octanol–water partition coefficient (Wildman–Crippen LogP) is 3.25. The molecule has 0 bridgehead atoms. The maximum absolute atomic E-state index is 12.4. The molecule has 2 heterocycles. The van der Waals surface area contributed by atoms with E-state index in [0.29, 0.717) is 25.9 Å². The van der Waals surface area contributed by atoms with E-state index in [9.17, 15) is 20.1 Å². The Bertz CT molecular complexity index is 983. The number of methoxy groups -OCH3 is 1. The van der Waals surface area contributed by atoms with E-state index >= 15 is 0 Å². The predicted molar refractivity (Wildman–Crippen MR) is 138 cm³/mol. The molecule has 38 heavy (non-hydrogen) atoms. The van der Waals surface area contributed by atoms with Crippen LogP contribution in [0, 0.1) is 28.6 Å². The summed E-state index contributed by atoms with van der Waals surface area (Å²) < 4.78 is 23.0. The minimum atomic E-state index is -0.853. The highest BCUT2D eigenvalue weighted by molar-refractivity contribution is 5.85. The lowest BCUT2D eigenvalue weighted by molar-refractivity contribution is -0.291. The fourth-order valence-corrected chi connectivity index (χ4v) is 10.0. The molecule has 2 aliphatic heterocycles. The second-order valence-electron chi connectivity index (χ2n) is 13.8. The zero-order valence-electron chi connectivity index (χ0n) is 23.4. The lowest BCUT2D eigenvalue weighted by Gasteiger charge is -2.66. The molecule has 12 atom stereocenters. The first kappa shape index (κ1) is 27.2.